The van der Waals surface area contributed by atoms with Crippen LogP contribution in [-0.2, 0) is 0 Å². The zero-order chi connectivity index (χ0) is 13.1. The second kappa shape index (κ2) is 5.18. The summed E-state index contributed by atoms with van der Waals surface area (Å²) in [6.07, 6.45) is 0. The minimum atomic E-state index is -0.881. The Labute approximate surface area is 104 Å². The van der Waals surface area contributed by atoms with Crippen molar-refractivity contribution in [2.24, 2.45) is 0 Å². The molecule has 0 aliphatic carbocycles. The van der Waals surface area contributed by atoms with E-state index in [1.54, 1.807) is 6.07 Å². The van der Waals surface area contributed by atoms with Crippen molar-refractivity contribution < 1.29 is 18.5 Å². The summed E-state index contributed by atoms with van der Waals surface area (Å²) in [7, 11) is 0. The number of halogens is 2. The number of rotatable bonds is 3. The van der Waals surface area contributed by atoms with E-state index in [-0.39, 0.29) is 11.2 Å². The monoisotopic (exact) mass is 248 g/mol. The van der Waals surface area contributed by atoms with Gasteiger partial charge < -0.3 is 9.76 Å². The third-order valence-electron chi connectivity index (χ3n) is 2.45. The first-order valence-electron chi connectivity index (χ1n) is 5.47. The van der Waals surface area contributed by atoms with Crippen molar-refractivity contribution in [2.45, 2.75) is 6.82 Å². The summed E-state index contributed by atoms with van der Waals surface area (Å²) < 4.78 is 31.8. The minimum Gasteiger partial charge on any atom is -0.457 e. The third kappa shape index (κ3) is 2.87. The molecule has 0 saturated heterocycles. The van der Waals surface area contributed by atoms with Crippen LogP contribution in [0.5, 0.6) is 11.5 Å². The van der Waals surface area contributed by atoms with Crippen LogP contribution < -0.4 is 10.2 Å². The van der Waals surface area contributed by atoms with Gasteiger partial charge in [0.2, 0.25) is 0 Å². The molecule has 0 bridgehead atoms. The average Bonchev–Trinajstić information content (AvgIpc) is 2.28. The van der Waals surface area contributed by atoms with Gasteiger partial charge in [0.05, 0.1) is 0 Å². The first kappa shape index (κ1) is 12.6. The molecule has 0 spiro atoms. The molecule has 0 aromatic heterocycles. The molecule has 2 aromatic rings. The van der Waals surface area contributed by atoms with E-state index in [1.807, 2.05) is 0 Å². The number of ether oxygens (including phenoxy) is 1. The maximum absolute atomic E-state index is 13.6. The van der Waals surface area contributed by atoms with Crippen LogP contribution in [0.4, 0.5) is 8.78 Å². The Bertz CT molecular complexity index is 558. The van der Waals surface area contributed by atoms with Crippen LogP contribution in [0.1, 0.15) is 0 Å². The average molecular weight is 248 g/mol. The molecule has 0 heterocycles. The molecule has 5 heteroatoms. The Balaban J connectivity index is 2.23. The second-order valence-electron chi connectivity index (χ2n) is 3.92. The fourth-order valence-electron chi connectivity index (χ4n) is 1.58. The van der Waals surface area contributed by atoms with Crippen LogP contribution in [0.15, 0.2) is 42.5 Å². The first-order chi connectivity index (χ1) is 8.56. The van der Waals surface area contributed by atoms with Gasteiger partial charge in [-0.25, -0.2) is 8.78 Å². The second-order valence-corrected chi connectivity index (χ2v) is 3.92. The van der Waals surface area contributed by atoms with Crippen LogP contribution in [0.25, 0.3) is 0 Å². The molecule has 18 heavy (non-hydrogen) atoms. The lowest BCUT2D eigenvalue weighted by atomic mass is 9.64. The SMILES string of the molecule is CB(O)c1ccc(Oc2cccc(F)c2)cc1F. The number of hydrogen-bond acceptors (Lipinski definition) is 2. The lowest BCUT2D eigenvalue weighted by molar-refractivity contribution is 0.472. The first-order valence-corrected chi connectivity index (χ1v) is 5.47. The Morgan fingerprint density at radius 2 is 1.78 bits per heavy atom. The van der Waals surface area contributed by atoms with Gasteiger partial charge in [0, 0.05) is 12.1 Å². The summed E-state index contributed by atoms with van der Waals surface area (Å²) in [5.41, 5.74) is 0.196. The van der Waals surface area contributed by atoms with Gasteiger partial charge >= 0.3 is 6.92 Å². The van der Waals surface area contributed by atoms with Gasteiger partial charge in [-0.1, -0.05) is 19.0 Å². The quantitative estimate of drug-likeness (QED) is 0.846. The molecule has 0 aliphatic heterocycles. The lowest BCUT2D eigenvalue weighted by Gasteiger charge is -2.08. The summed E-state index contributed by atoms with van der Waals surface area (Å²) in [6.45, 7) is 0.596. The van der Waals surface area contributed by atoms with Crippen LogP contribution in [0, 0.1) is 11.6 Å². The highest BCUT2D eigenvalue weighted by atomic mass is 19.1. The van der Waals surface area contributed by atoms with Gasteiger partial charge in [0.25, 0.3) is 0 Å². The van der Waals surface area contributed by atoms with E-state index < -0.39 is 18.6 Å². The number of hydrogen-bond donors (Lipinski definition) is 1. The summed E-state index contributed by atoms with van der Waals surface area (Å²) in [6, 6.07) is 9.71. The molecule has 2 nitrogen and oxygen atoms in total. The normalized spacial score (nSPS) is 10.2. The van der Waals surface area contributed by atoms with Gasteiger partial charge in [-0.3, -0.25) is 0 Å². The zero-order valence-corrected chi connectivity index (χ0v) is 9.73. The van der Waals surface area contributed by atoms with Crippen molar-refractivity contribution in [1.29, 1.82) is 0 Å². The highest BCUT2D eigenvalue weighted by Crippen LogP contribution is 2.21. The van der Waals surface area contributed by atoms with Crippen molar-refractivity contribution in [3.63, 3.8) is 0 Å². The molecule has 2 rings (SSSR count). The predicted molar refractivity (Wildman–Crippen MR) is 66.3 cm³/mol. The highest BCUT2D eigenvalue weighted by Gasteiger charge is 2.13. The van der Waals surface area contributed by atoms with E-state index in [0.29, 0.717) is 5.75 Å². The molecule has 0 fully saturated rings. The minimum absolute atomic E-state index is 0.196. The van der Waals surface area contributed by atoms with Crippen LogP contribution >= 0.6 is 0 Å². The van der Waals surface area contributed by atoms with E-state index in [0.717, 1.165) is 6.07 Å². The molecule has 2 aromatic carbocycles. The van der Waals surface area contributed by atoms with E-state index in [2.05, 4.69) is 0 Å². The highest BCUT2D eigenvalue weighted by molar-refractivity contribution is 6.64. The summed E-state index contributed by atoms with van der Waals surface area (Å²) in [5, 5.41) is 9.29. The predicted octanol–water partition coefficient (Wildman–Crippen LogP) is 2.58. The fourth-order valence-corrected chi connectivity index (χ4v) is 1.58. The van der Waals surface area contributed by atoms with E-state index in [1.165, 1.54) is 37.2 Å². The molecule has 1 N–H and O–H groups in total. The van der Waals surface area contributed by atoms with Crippen LogP contribution in [0.2, 0.25) is 6.82 Å². The molecule has 92 valence electrons. The standard InChI is InChI=1S/C13H11BF2O2/c1-14(17)12-6-5-11(8-13(12)16)18-10-4-2-3-9(15)7-10/h2-8,17H,1H3. The van der Waals surface area contributed by atoms with E-state index in [9.17, 15) is 13.8 Å². The zero-order valence-electron chi connectivity index (χ0n) is 9.73. The van der Waals surface area contributed by atoms with Crippen LogP contribution in [0.3, 0.4) is 0 Å². The molecule has 0 unspecified atom stereocenters. The molecule has 0 aliphatic rings. The van der Waals surface area contributed by atoms with Gasteiger partial charge in [-0.2, -0.15) is 0 Å². The molecule has 0 saturated carbocycles. The van der Waals surface area contributed by atoms with Gasteiger partial charge in [0.1, 0.15) is 23.1 Å². The smallest absolute Gasteiger partial charge is 0.323 e. The Hall–Kier alpha value is -1.88. The van der Waals surface area contributed by atoms with Gasteiger partial charge in [-0.15, -0.1) is 0 Å². The molecular formula is C13H11BF2O2. The molecule has 0 amide bonds. The van der Waals surface area contributed by atoms with Crippen molar-refractivity contribution >= 4 is 12.4 Å². The molecule has 0 radical (unpaired) electrons. The van der Waals surface area contributed by atoms with Crippen molar-refractivity contribution in [3.8, 4) is 11.5 Å². The summed E-state index contributed by atoms with van der Waals surface area (Å²) >= 11 is 0. The number of benzene rings is 2. The topological polar surface area (TPSA) is 29.5 Å². The van der Waals surface area contributed by atoms with Gasteiger partial charge in [0.15, 0.2) is 0 Å². The van der Waals surface area contributed by atoms with Gasteiger partial charge in [-0.05, 0) is 23.7 Å². The van der Waals surface area contributed by atoms with E-state index in [4.69, 9.17) is 4.74 Å². The summed E-state index contributed by atoms with van der Waals surface area (Å²) in [4.78, 5) is 0. The van der Waals surface area contributed by atoms with E-state index >= 15 is 0 Å². The van der Waals surface area contributed by atoms with Crippen molar-refractivity contribution in [1.82, 2.24) is 0 Å². The summed E-state index contributed by atoms with van der Waals surface area (Å²) in [5.74, 6) is -0.436. The molecule has 0 atom stereocenters. The Morgan fingerprint density at radius 3 is 2.39 bits per heavy atom. The van der Waals surface area contributed by atoms with Crippen molar-refractivity contribution in [3.05, 3.63) is 54.1 Å². The van der Waals surface area contributed by atoms with Crippen molar-refractivity contribution in [2.75, 3.05) is 0 Å². The molecular weight excluding hydrogens is 237 g/mol. The maximum Gasteiger partial charge on any atom is 0.323 e. The maximum atomic E-state index is 13.6. The Kier molecular flexibility index (Phi) is 3.62. The van der Waals surface area contributed by atoms with Crippen LogP contribution in [-0.4, -0.2) is 11.9 Å². The Morgan fingerprint density at radius 1 is 1.06 bits per heavy atom. The lowest BCUT2D eigenvalue weighted by Crippen LogP contribution is -2.29. The fraction of sp³-hybridized carbons (Fsp3) is 0.0769. The largest absolute Gasteiger partial charge is 0.457 e. The third-order valence-corrected chi connectivity index (χ3v) is 2.45.